The van der Waals surface area contributed by atoms with E-state index in [9.17, 15) is 9.90 Å². The topological polar surface area (TPSA) is 61.8 Å². The number of nitrogens with zero attached hydrogens (tertiary/aromatic N) is 1. The highest BCUT2D eigenvalue weighted by Gasteiger charge is 2.34. The van der Waals surface area contributed by atoms with Crippen LogP contribution in [0.1, 0.15) is 20.3 Å². The van der Waals surface area contributed by atoms with E-state index in [2.05, 4.69) is 5.32 Å². The Kier molecular flexibility index (Phi) is 5.19. The fraction of sp³-hybridized carbons (Fsp3) is 0.909. The van der Waals surface area contributed by atoms with Crippen LogP contribution in [0.4, 0.5) is 0 Å². The van der Waals surface area contributed by atoms with Crippen LogP contribution in [0.15, 0.2) is 0 Å². The van der Waals surface area contributed by atoms with Gasteiger partial charge in [0.15, 0.2) is 0 Å². The lowest BCUT2D eigenvalue weighted by atomic mass is 10.1. The number of amides is 1. The van der Waals surface area contributed by atoms with Crippen molar-refractivity contribution in [3.8, 4) is 0 Å². The highest BCUT2D eigenvalue weighted by atomic mass is 35.5. The Morgan fingerprint density at radius 3 is 2.41 bits per heavy atom. The first-order valence-electron chi connectivity index (χ1n) is 5.92. The molecule has 1 amide bonds. The maximum absolute atomic E-state index is 12.1. The normalized spacial score (nSPS) is 37.7. The molecule has 0 aromatic carbocycles. The molecule has 0 radical (unpaired) electrons. The van der Waals surface area contributed by atoms with Crippen LogP contribution in [-0.2, 0) is 9.53 Å². The van der Waals surface area contributed by atoms with Crippen molar-refractivity contribution in [2.75, 3.05) is 19.6 Å². The number of hydrogen-bond acceptors (Lipinski definition) is 4. The molecule has 6 heteroatoms. The maximum atomic E-state index is 12.1. The predicted octanol–water partition coefficient (Wildman–Crippen LogP) is -0.233. The average molecular weight is 265 g/mol. The molecule has 4 atom stereocenters. The van der Waals surface area contributed by atoms with Gasteiger partial charge < -0.3 is 20.1 Å². The molecule has 0 aromatic rings. The minimum atomic E-state index is -0.384. The van der Waals surface area contributed by atoms with E-state index >= 15 is 0 Å². The van der Waals surface area contributed by atoms with Crippen molar-refractivity contribution in [1.29, 1.82) is 0 Å². The molecular formula is C11H21ClN2O3. The van der Waals surface area contributed by atoms with E-state index < -0.39 is 0 Å². The second kappa shape index (κ2) is 6.00. The van der Waals surface area contributed by atoms with Crippen molar-refractivity contribution in [1.82, 2.24) is 10.2 Å². The number of nitrogens with one attached hydrogen (secondary N) is 1. The number of ether oxygens (including phenoxy) is 1. The van der Waals surface area contributed by atoms with E-state index in [0.29, 0.717) is 26.1 Å². The van der Waals surface area contributed by atoms with Gasteiger partial charge in [-0.25, -0.2) is 0 Å². The van der Waals surface area contributed by atoms with E-state index in [4.69, 9.17) is 4.74 Å². The largest absolute Gasteiger partial charge is 0.392 e. The van der Waals surface area contributed by atoms with Gasteiger partial charge in [-0.1, -0.05) is 0 Å². The Bertz CT molecular complexity index is 267. The van der Waals surface area contributed by atoms with Gasteiger partial charge in [-0.05, 0) is 20.3 Å². The lowest BCUT2D eigenvalue weighted by Crippen LogP contribution is -2.53. The van der Waals surface area contributed by atoms with Crippen LogP contribution in [0, 0.1) is 0 Å². The van der Waals surface area contributed by atoms with Crippen molar-refractivity contribution in [3.63, 3.8) is 0 Å². The fourth-order valence-electron chi connectivity index (χ4n) is 2.48. The lowest BCUT2D eigenvalue weighted by molar-refractivity contribution is -0.145. The molecule has 2 N–H and O–H groups in total. The lowest BCUT2D eigenvalue weighted by Gasteiger charge is -2.36. The van der Waals surface area contributed by atoms with Crippen LogP contribution in [0.5, 0.6) is 0 Å². The molecule has 0 aliphatic carbocycles. The van der Waals surface area contributed by atoms with Gasteiger partial charge in [-0.3, -0.25) is 4.79 Å². The highest BCUT2D eigenvalue weighted by Crippen LogP contribution is 2.15. The third kappa shape index (κ3) is 3.55. The summed E-state index contributed by atoms with van der Waals surface area (Å²) in [6, 6.07) is -0.215. The first-order chi connectivity index (χ1) is 7.56. The van der Waals surface area contributed by atoms with E-state index in [1.54, 1.807) is 0 Å². The Morgan fingerprint density at radius 1 is 1.35 bits per heavy atom. The van der Waals surface area contributed by atoms with Crippen LogP contribution < -0.4 is 5.32 Å². The number of carbonyl (C=O) groups excluding carboxylic acids is 1. The van der Waals surface area contributed by atoms with Crippen LogP contribution in [0.2, 0.25) is 0 Å². The molecular weight excluding hydrogens is 244 g/mol. The van der Waals surface area contributed by atoms with Crippen LogP contribution in [0.25, 0.3) is 0 Å². The second-order valence-corrected chi connectivity index (χ2v) is 4.85. The summed E-state index contributed by atoms with van der Waals surface area (Å²) in [6.07, 6.45) is 0.335. The van der Waals surface area contributed by atoms with Crippen molar-refractivity contribution in [2.24, 2.45) is 0 Å². The van der Waals surface area contributed by atoms with Gasteiger partial charge in [0.05, 0.1) is 24.4 Å². The molecule has 17 heavy (non-hydrogen) atoms. The van der Waals surface area contributed by atoms with Crippen LogP contribution >= 0.6 is 12.4 Å². The summed E-state index contributed by atoms with van der Waals surface area (Å²) >= 11 is 0. The Labute approximate surface area is 108 Å². The van der Waals surface area contributed by atoms with Crippen LogP contribution in [0.3, 0.4) is 0 Å². The molecule has 0 bridgehead atoms. The van der Waals surface area contributed by atoms with Crippen molar-refractivity contribution in [2.45, 2.75) is 44.6 Å². The quantitative estimate of drug-likeness (QED) is 0.687. The zero-order chi connectivity index (χ0) is 11.7. The monoisotopic (exact) mass is 264 g/mol. The van der Waals surface area contributed by atoms with Gasteiger partial charge in [-0.2, -0.15) is 0 Å². The predicted molar refractivity (Wildman–Crippen MR) is 66.3 cm³/mol. The molecule has 5 nitrogen and oxygen atoms in total. The molecule has 2 heterocycles. The SMILES string of the molecule is CC1CN(C(=O)C2CC(O)CN2)CC(C)O1.Cl. The summed E-state index contributed by atoms with van der Waals surface area (Å²) < 4.78 is 5.59. The molecule has 0 aromatic heterocycles. The van der Waals surface area contributed by atoms with Crippen molar-refractivity contribution >= 4 is 18.3 Å². The van der Waals surface area contributed by atoms with E-state index in [-0.39, 0.29) is 42.7 Å². The minimum Gasteiger partial charge on any atom is -0.392 e. The fourth-order valence-corrected chi connectivity index (χ4v) is 2.48. The number of carbonyl (C=O) groups is 1. The second-order valence-electron chi connectivity index (χ2n) is 4.85. The maximum Gasteiger partial charge on any atom is 0.239 e. The summed E-state index contributed by atoms with van der Waals surface area (Å²) in [5.74, 6) is 0.0959. The Balaban J connectivity index is 0.00000144. The Hall–Kier alpha value is -0.360. The molecule has 100 valence electrons. The summed E-state index contributed by atoms with van der Waals surface area (Å²) in [5, 5.41) is 12.4. The number of aliphatic hydroxyl groups is 1. The summed E-state index contributed by atoms with van der Waals surface area (Å²) in [4.78, 5) is 14.0. The molecule has 4 unspecified atom stereocenters. The van der Waals surface area contributed by atoms with Gasteiger partial charge in [0.2, 0.25) is 5.91 Å². The number of morpholine rings is 1. The van der Waals surface area contributed by atoms with E-state index in [0.717, 1.165) is 0 Å². The van der Waals surface area contributed by atoms with E-state index in [1.165, 1.54) is 0 Å². The molecule has 2 saturated heterocycles. The zero-order valence-corrected chi connectivity index (χ0v) is 11.1. The molecule has 0 saturated carbocycles. The van der Waals surface area contributed by atoms with Gasteiger partial charge in [0.1, 0.15) is 0 Å². The number of aliphatic hydroxyl groups excluding tert-OH is 1. The number of β-amino-alcohol motifs (C(OH)–C–C–N with tert-alkyl or cyclic N) is 1. The standard InChI is InChI=1S/C11H20N2O3.ClH/c1-7-5-13(6-8(2)16-7)11(15)10-3-9(14)4-12-10;/h7-10,12,14H,3-6H2,1-2H3;1H. The smallest absolute Gasteiger partial charge is 0.239 e. The minimum absolute atomic E-state index is 0. The van der Waals surface area contributed by atoms with Gasteiger partial charge in [0.25, 0.3) is 0 Å². The van der Waals surface area contributed by atoms with Gasteiger partial charge in [-0.15, -0.1) is 12.4 Å². The summed E-state index contributed by atoms with van der Waals surface area (Å²) in [5.41, 5.74) is 0. The molecule has 2 fully saturated rings. The van der Waals surface area contributed by atoms with Gasteiger partial charge >= 0.3 is 0 Å². The summed E-state index contributed by atoms with van der Waals surface area (Å²) in [6.45, 7) is 5.78. The van der Waals surface area contributed by atoms with Crippen LogP contribution in [-0.4, -0.2) is 59.9 Å². The average Bonchev–Trinajstić information content (AvgIpc) is 2.62. The zero-order valence-electron chi connectivity index (χ0n) is 10.3. The molecule has 2 rings (SSSR count). The van der Waals surface area contributed by atoms with E-state index in [1.807, 2.05) is 18.7 Å². The van der Waals surface area contributed by atoms with Crippen molar-refractivity contribution < 1.29 is 14.6 Å². The number of rotatable bonds is 1. The Morgan fingerprint density at radius 2 is 1.94 bits per heavy atom. The van der Waals surface area contributed by atoms with Gasteiger partial charge in [0, 0.05) is 19.6 Å². The molecule has 2 aliphatic rings. The third-order valence-electron chi connectivity index (χ3n) is 3.14. The first kappa shape index (κ1) is 14.7. The molecule has 0 spiro atoms. The van der Waals surface area contributed by atoms with Crippen molar-refractivity contribution in [3.05, 3.63) is 0 Å². The highest BCUT2D eigenvalue weighted by molar-refractivity contribution is 5.85. The first-order valence-corrected chi connectivity index (χ1v) is 5.92. The number of halogens is 1. The summed E-state index contributed by atoms with van der Waals surface area (Å²) in [7, 11) is 0. The molecule has 2 aliphatic heterocycles. The third-order valence-corrected chi connectivity index (χ3v) is 3.14. The number of hydrogen-bond donors (Lipinski definition) is 2.